The van der Waals surface area contributed by atoms with Crippen LogP contribution in [0.3, 0.4) is 0 Å². The number of nitrogens with one attached hydrogen (secondary N) is 1. The first kappa shape index (κ1) is 26.4. The van der Waals surface area contributed by atoms with Crippen LogP contribution in [0.15, 0.2) is 78.9 Å². The Kier molecular flexibility index (Phi) is 7.68. The maximum Gasteiger partial charge on any atom is 0.252 e. The van der Waals surface area contributed by atoms with Gasteiger partial charge >= 0.3 is 0 Å². The summed E-state index contributed by atoms with van der Waals surface area (Å²) in [7, 11) is 3.15. The van der Waals surface area contributed by atoms with E-state index in [1.165, 1.54) is 0 Å². The van der Waals surface area contributed by atoms with Gasteiger partial charge in [-0.15, -0.1) is 15.3 Å². The molecule has 0 fully saturated rings. The summed E-state index contributed by atoms with van der Waals surface area (Å²) < 4.78 is 18.1. The fourth-order valence-corrected chi connectivity index (χ4v) is 4.16. The van der Waals surface area contributed by atoms with Crippen LogP contribution in [-0.2, 0) is 0 Å². The van der Waals surface area contributed by atoms with Crippen molar-refractivity contribution in [3.8, 4) is 28.8 Å². The Morgan fingerprint density at radius 3 is 2.40 bits per heavy atom. The van der Waals surface area contributed by atoms with E-state index in [1.807, 2.05) is 25.1 Å². The molecule has 5 rings (SSSR count). The lowest BCUT2D eigenvalue weighted by atomic mass is 9.97. The molecule has 2 heterocycles. The zero-order valence-corrected chi connectivity index (χ0v) is 22.2. The quantitative estimate of drug-likeness (QED) is 0.209. The lowest BCUT2D eigenvalue weighted by Gasteiger charge is -2.11. The van der Waals surface area contributed by atoms with E-state index < -0.39 is 0 Å². The molecule has 0 saturated carbocycles. The maximum absolute atomic E-state index is 13.0. The van der Waals surface area contributed by atoms with Crippen molar-refractivity contribution in [2.24, 2.45) is 0 Å². The van der Waals surface area contributed by atoms with Crippen molar-refractivity contribution in [3.05, 3.63) is 101 Å². The van der Waals surface area contributed by atoms with Crippen molar-refractivity contribution >= 4 is 17.3 Å². The van der Waals surface area contributed by atoms with Crippen LogP contribution in [0.25, 0.3) is 17.0 Å². The zero-order valence-electron chi connectivity index (χ0n) is 22.2. The fraction of sp³-hybridized carbons (Fsp3) is 0.167. The minimum absolute atomic E-state index is 0.154. The summed E-state index contributed by atoms with van der Waals surface area (Å²) in [5, 5.41) is 15.8. The first-order chi connectivity index (χ1) is 19.5. The van der Waals surface area contributed by atoms with Crippen molar-refractivity contribution in [2.75, 3.05) is 27.4 Å². The van der Waals surface area contributed by atoms with Crippen LogP contribution in [-0.4, -0.2) is 58.9 Å². The van der Waals surface area contributed by atoms with Crippen molar-refractivity contribution < 1.29 is 23.8 Å². The highest BCUT2D eigenvalue weighted by Crippen LogP contribution is 2.32. The van der Waals surface area contributed by atoms with E-state index in [0.717, 1.165) is 5.56 Å². The number of methoxy groups -OCH3 is 2. The number of ketones is 1. The number of benzene rings is 3. The van der Waals surface area contributed by atoms with Crippen LogP contribution < -0.4 is 19.5 Å². The predicted molar refractivity (Wildman–Crippen MR) is 148 cm³/mol. The minimum atomic E-state index is -0.365. The molecule has 40 heavy (non-hydrogen) atoms. The predicted octanol–water partition coefficient (Wildman–Crippen LogP) is 4.16. The van der Waals surface area contributed by atoms with E-state index in [0.29, 0.717) is 51.1 Å². The van der Waals surface area contributed by atoms with Gasteiger partial charge in [-0.25, -0.2) is 0 Å². The first-order valence-electron chi connectivity index (χ1n) is 12.5. The topological polar surface area (TPSA) is 117 Å². The fourth-order valence-electron chi connectivity index (χ4n) is 4.16. The summed E-state index contributed by atoms with van der Waals surface area (Å²) >= 11 is 0. The van der Waals surface area contributed by atoms with Gasteiger partial charge < -0.3 is 19.5 Å². The lowest BCUT2D eigenvalue weighted by molar-refractivity contribution is 0.0936. The van der Waals surface area contributed by atoms with Gasteiger partial charge in [0, 0.05) is 23.3 Å². The summed E-state index contributed by atoms with van der Waals surface area (Å²) in [5.41, 5.74) is 3.43. The van der Waals surface area contributed by atoms with E-state index in [2.05, 4.69) is 20.6 Å². The number of hydrogen-bond acceptors (Lipinski definition) is 8. The van der Waals surface area contributed by atoms with E-state index in [1.54, 1.807) is 79.4 Å². The monoisotopic (exact) mass is 537 g/mol. The molecule has 10 nitrogen and oxygen atoms in total. The highest BCUT2D eigenvalue weighted by atomic mass is 16.5. The van der Waals surface area contributed by atoms with Gasteiger partial charge in [0.1, 0.15) is 18.1 Å². The Morgan fingerprint density at radius 2 is 1.65 bits per heavy atom. The number of hydrogen-bond donors (Lipinski definition) is 1. The Morgan fingerprint density at radius 1 is 0.875 bits per heavy atom. The van der Waals surface area contributed by atoms with Crippen LogP contribution in [0.1, 0.15) is 31.8 Å². The van der Waals surface area contributed by atoms with Gasteiger partial charge in [-0.1, -0.05) is 48.0 Å². The van der Waals surface area contributed by atoms with Crippen LogP contribution in [0, 0.1) is 6.92 Å². The zero-order chi connectivity index (χ0) is 28.1. The second-order valence-corrected chi connectivity index (χ2v) is 8.88. The molecule has 0 spiro atoms. The number of aromatic nitrogens is 4. The summed E-state index contributed by atoms with van der Waals surface area (Å²) in [6.07, 6.45) is 0. The van der Waals surface area contributed by atoms with E-state index >= 15 is 0 Å². The van der Waals surface area contributed by atoms with E-state index in [4.69, 9.17) is 14.2 Å². The van der Waals surface area contributed by atoms with Crippen LogP contribution in [0.5, 0.6) is 17.4 Å². The van der Waals surface area contributed by atoms with Gasteiger partial charge in [0.15, 0.2) is 17.3 Å². The number of nitrogens with zero attached hydrogens (tertiary/aromatic N) is 4. The molecular formula is C30H27N5O5. The molecule has 0 unspecified atom stereocenters. The third kappa shape index (κ3) is 5.46. The Labute approximate surface area is 230 Å². The van der Waals surface area contributed by atoms with E-state index in [9.17, 15) is 9.59 Å². The van der Waals surface area contributed by atoms with Gasteiger partial charge in [0.2, 0.25) is 5.88 Å². The standard InChI is InChI=1S/C30H27N5O5/c1-19-8-10-20(11-9-19)28(36)22-6-4-5-7-23(22)30(37)31-16-17-40-27-15-14-26-32-33-29(35(26)34-27)24-13-12-21(38-2)18-25(24)39-3/h4-15,18H,16-17H2,1-3H3,(H,31,37). The molecule has 5 aromatic rings. The first-order valence-corrected chi connectivity index (χ1v) is 12.5. The SMILES string of the molecule is COc1ccc(-c2nnc3ccc(OCCNC(=O)c4ccccc4C(=O)c4ccc(C)cc4)nn23)c(OC)c1. The van der Waals surface area contributed by atoms with Crippen LogP contribution >= 0.6 is 0 Å². The largest absolute Gasteiger partial charge is 0.497 e. The molecule has 0 saturated heterocycles. The molecule has 2 aromatic heterocycles. The van der Waals surface area contributed by atoms with Gasteiger partial charge in [0.25, 0.3) is 5.91 Å². The second-order valence-electron chi connectivity index (χ2n) is 8.88. The molecule has 0 radical (unpaired) electrons. The third-order valence-electron chi connectivity index (χ3n) is 6.26. The molecule has 1 N–H and O–H groups in total. The summed E-state index contributed by atoms with van der Waals surface area (Å²) in [4.78, 5) is 26.0. The molecule has 0 aliphatic heterocycles. The van der Waals surface area contributed by atoms with Gasteiger partial charge in [-0.2, -0.15) is 4.52 Å². The molecule has 0 aliphatic rings. The highest BCUT2D eigenvalue weighted by Gasteiger charge is 2.18. The van der Waals surface area contributed by atoms with Crippen molar-refractivity contribution in [1.82, 2.24) is 25.1 Å². The molecule has 0 bridgehead atoms. The summed E-state index contributed by atoms with van der Waals surface area (Å²) in [6, 6.07) is 22.8. The number of rotatable bonds is 10. The molecule has 10 heteroatoms. The molecule has 0 atom stereocenters. The van der Waals surface area contributed by atoms with Crippen LogP contribution in [0.2, 0.25) is 0 Å². The third-order valence-corrected chi connectivity index (χ3v) is 6.26. The number of carbonyl (C=O) groups excluding carboxylic acids is 2. The maximum atomic E-state index is 13.0. The van der Waals surface area contributed by atoms with Crippen molar-refractivity contribution in [2.45, 2.75) is 6.92 Å². The molecule has 0 aliphatic carbocycles. The Balaban J connectivity index is 1.25. The van der Waals surface area contributed by atoms with E-state index in [-0.39, 0.29) is 24.8 Å². The lowest BCUT2D eigenvalue weighted by Crippen LogP contribution is -2.29. The molecule has 3 aromatic carbocycles. The number of carbonyl (C=O) groups is 2. The average Bonchev–Trinajstić information content (AvgIpc) is 3.42. The van der Waals surface area contributed by atoms with Crippen molar-refractivity contribution in [1.29, 1.82) is 0 Å². The van der Waals surface area contributed by atoms with Gasteiger partial charge in [-0.05, 0) is 31.2 Å². The molecular weight excluding hydrogens is 510 g/mol. The van der Waals surface area contributed by atoms with Gasteiger partial charge in [0.05, 0.1) is 31.9 Å². The normalized spacial score (nSPS) is 10.8. The molecule has 202 valence electrons. The smallest absolute Gasteiger partial charge is 0.252 e. The van der Waals surface area contributed by atoms with Crippen molar-refractivity contribution in [3.63, 3.8) is 0 Å². The number of ether oxygens (including phenoxy) is 3. The second kappa shape index (κ2) is 11.6. The number of fused-ring (bicyclic) bond motifs is 1. The summed E-state index contributed by atoms with van der Waals surface area (Å²) in [5.74, 6) is 1.43. The summed E-state index contributed by atoms with van der Waals surface area (Å²) in [6.45, 7) is 2.31. The number of amides is 1. The molecule has 1 amide bonds. The Hall–Kier alpha value is -5.25. The number of aryl methyl sites for hydroxylation is 1. The van der Waals surface area contributed by atoms with Crippen LogP contribution in [0.4, 0.5) is 0 Å². The Bertz CT molecular complexity index is 1680. The van der Waals surface area contributed by atoms with Gasteiger partial charge in [-0.3, -0.25) is 9.59 Å². The highest BCUT2D eigenvalue weighted by molar-refractivity contribution is 6.15. The average molecular weight is 538 g/mol. The minimum Gasteiger partial charge on any atom is -0.497 e.